The van der Waals surface area contributed by atoms with Crippen molar-refractivity contribution < 1.29 is 9.90 Å². The Bertz CT molecular complexity index is 717. The number of nitrogens with zero attached hydrogens (tertiary/aromatic N) is 1. The number of rotatable bonds is 3. The topological polar surface area (TPSA) is 61.7 Å². The number of carbonyl (C=O) groups is 1. The number of halogens is 3. The summed E-state index contributed by atoms with van der Waals surface area (Å²) in [6, 6.07) is 9.31. The molecule has 0 heterocycles. The van der Waals surface area contributed by atoms with Crippen molar-refractivity contribution in [3.63, 3.8) is 0 Å². The van der Waals surface area contributed by atoms with Crippen LogP contribution in [-0.4, -0.2) is 17.2 Å². The monoisotopic (exact) mass is 342 g/mol. The number of carbonyl (C=O) groups excluding carboxylic acids is 1. The Kier molecular flexibility index (Phi) is 5.07. The average molecular weight is 344 g/mol. The third-order valence-corrected chi connectivity index (χ3v) is 3.26. The second-order valence-electron chi connectivity index (χ2n) is 4.03. The van der Waals surface area contributed by atoms with Gasteiger partial charge in [0, 0.05) is 21.2 Å². The second-order valence-corrected chi connectivity index (χ2v) is 5.31. The molecule has 2 aromatic rings. The number of hydrazone groups is 1. The molecule has 0 aliphatic heterocycles. The van der Waals surface area contributed by atoms with Crippen LogP contribution in [0.1, 0.15) is 15.9 Å². The first-order valence-corrected chi connectivity index (χ1v) is 6.88. The molecule has 0 atom stereocenters. The summed E-state index contributed by atoms with van der Waals surface area (Å²) in [7, 11) is 0. The summed E-state index contributed by atoms with van der Waals surface area (Å²) in [5, 5.41) is 14.4. The largest absolute Gasteiger partial charge is 0.506 e. The van der Waals surface area contributed by atoms with Crippen molar-refractivity contribution in [2.24, 2.45) is 5.10 Å². The molecule has 0 aliphatic rings. The number of phenolic OH excluding ortho intramolecular Hbond substituents is 1. The fourth-order valence-corrected chi connectivity index (χ4v) is 2.24. The molecule has 21 heavy (non-hydrogen) atoms. The van der Waals surface area contributed by atoms with Gasteiger partial charge in [-0.1, -0.05) is 40.9 Å². The van der Waals surface area contributed by atoms with Crippen LogP contribution in [0.4, 0.5) is 0 Å². The maximum Gasteiger partial charge on any atom is 0.271 e. The Balaban J connectivity index is 2.11. The lowest BCUT2D eigenvalue weighted by atomic mass is 10.2. The standard InChI is InChI=1S/C14H9Cl3N2O2/c15-10-3-1-2-8(4-10)14(21)19-18-7-9-5-11(16)6-12(17)13(9)20/h1-7,20H,(H,19,21)/b18-7+. The van der Waals surface area contributed by atoms with E-state index in [1.165, 1.54) is 24.4 Å². The molecule has 0 saturated carbocycles. The first kappa shape index (κ1) is 15.6. The zero-order valence-electron chi connectivity index (χ0n) is 10.5. The minimum Gasteiger partial charge on any atom is -0.506 e. The van der Waals surface area contributed by atoms with Crippen LogP contribution >= 0.6 is 34.8 Å². The zero-order chi connectivity index (χ0) is 15.4. The lowest BCUT2D eigenvalue weighted by Gasteiger charge is -2.03. The molecule has 0 spiro atoms. The van der Waals surface area contributed by atoms with E-state index in [1.807, 2.05) is 0 Å². The predicted molar refractivity (Wildman–Crippen MR) is 84.6 cm³/mol. The van der Waals surface area contributed by atoms with Crippen LogP contribution in [0.3, 0.4) is 0 Å². The number of aromatic hydroxyl groups is 1. The molecule has 0 aliphatic carbocycles. The average Bonchev–Trinajstić information content (AvgIpc) is 2.43. The summed E-state index contributed by atoms with van der Waals surface area (Å²) in [4.78, 5) is 11.8. The van der Waals surface area contributed by atoms with Crippen LogP contribution in [0.2, 0.25) is 15.1 Å². The Morgan fingerprint density at radius 2 is 1.90 bits per heavy atom. The number of nitrogens with one attached hydrogen (secondary N) is 1. The molecule has 0 saturated heterocycles. The third kappa shape index (κ3) is 4.11. The lowest BCUT2D eigenvalue weighted by Crippen LogP contribution is -2.17. The Labute approximate surface area is 135 Å². The molecule has 1 amide bonds. The molecule has 0 fully saturated rings. The van der Waals surface area contributed by atoms with Gasteiger partial charge in [-0.2, -0.15) is 5.10 Å². The van der Waals surface area contributed by atoms with Crippen LogP contribution in [0.15, 0.2) is 41.5 Å². The third-order valence-electron chi connectivity index (χ3n) is 2.51. The van der Waals surface area contributed by atoms with E-state index in [9.17, 15) is 9.90 Å². The first-order valence-electron chi connectivity index (χ1n) is 5.74. The fraction of sp³-hybridized carbons (Fsp3) is 0. The van der Waals surface area contributed by atoms with E-state index in [4.69, 9.17) is 34.8 Å². The maximum absolute atomic E-state index is 11.8. The van der Waals surface area contributed by atoms with Gasteiger partial charge >= 0.3 is 0 Å². The molecule has 0 bridgehead atoms. The molecule has 0 aromatic heterocycles. The Morgan fingerprint density at radius 3 is 2.62 bits per heavy atom. The smallest absolute Gasteiger partial charge is 0.271 e. The lowest BCUT2D eigenvalue weighted by molar-refractivity contribution is 0.0955. The minimum absolute atomic E-state index is 0.102. The Hall–Kier alpha value is -1.75. The van der Waals surface area contributed by atoms with E-state index in [-0.39, 0.29) is 10.8 Å². The number of amides is 1. The van der Waals surface area contributed by atoms with Gasteiger partial charge < -0.3 is 5.11 Å². The molecule has 0 radical (unpaired) electrons. The van der Waals surface area contributed by atoms with Gasteiger partial charge in [0.15, 0.2) is 0 Å². The zero-order valence-corrected chi connectivity index (χ0v) is 12.7. The molecule has 0 unspecified atom stereocenters. The SMILES string of the molecule is O=C(N/N=C/c1cc(Cl)cc(Cl)c1O)c1cccc(Cl)c1. The van der Waals surface area contributed by atoms with E-state index < -0.39 is 5.91 Å². The molecule has 108 valence electrons. The highest BCUT2D eigenvalue weighted by atomic mass is 35.5. The van der Waals surface area contributed by atoms with Gasteiger partial charge in [0.05, 0.1) is 11.2 Å². The second kappa shape index (κ2) is 6.80. The van der Waals surface area contributed by atoms with Crippen LogP contribution in [-0.2, 0) is 0 Å². The summed E-state index contributed by atoms with van der Waals surface area (Å²) in [5.74, 6) is -0.594. The van der Waals surface area contributed by atoms with Crippen molar-refractivity contribution in [1.29, 1.82) is 0 Å². The molecule has 4 nitrogen and oxygen atoms in total. The van der Waals surface area contributed by atoms with E-state index in [0.717, 1.165) is 0 Å². The molecular weight excluding hydrogens is 335 g/mol. The van der Waals surface area contributed by atoms with Crippen molar-refractivity contribution >= 4 is 46.9 Å². The Morgan fingerprint density at radius 1 is 1.14 bits per heavy atom. The van der Waals surface area contributed by atoms with Crippen molar-refractivity contribution in [2.75, 3.05) is 0 Å². The molecule has 2 rings (SSSR count). The van der Waals surface area contributed by atoms with Crippen molar-refractivity contribution in [2.45, 2.75) is 0 Å². The summed E-state index contributed by atoms with van der Waals surface area (Å²) >= 11 is 17.4. The summed E-state index contributed by atoms with van der Waals surface area (Å²) in [6.45, 7) is 0. The van der Waals surface area contributed by atoms with Crippen LogP contribution in [0.5, 0.6) is 5.75 Å². The van der Waals surface area contributed by atoms with Crippen molar-refractivity contribution in [3.8, 4) is 5.75 Å². The summed E-state index contributed by atoms with van der Waals surface area (Å²) in [5.41, 5.74) is 2.97. The minimum atomic E-state index is -0.429. The number of hydrogen-bond donors (Lipinski definition) is 2. The predicted octanol–water partition coefficient (Wildman–Crippen LogP) is 4.12. The highest BCUT2D eigenvalue weighted by Crippen LogP contribution is 2.29. The first-order chi connectivity index (χ1) is 9.97. The summed E-state index contributed by atoms with van der Waals surface area (Å²) < 4.78 is 0. The molecule has 2 aromatic carbocycles. The fourth-order valence-electron chi connectivity index (χ4n) is 1.54. The van der Waals surface area contributed by atoms with Crippen molar-refractivity contribution in [1.82, 2.24) is 5.43 Å². The van der Waals surface area contributed by atoms with Gasteiger partial charge in [-0.15, -0.1) is 0 Å². The van der Waals surface area contributed by atoms with Gasteiger partial charge in [0.2, 0.25) is 0 Å². The van der Waals surface area contributed by atoms with Gasteiger partial charge in [-0.25, -0.2) is 5.43 Å². The van der Waals surface area contributed by atoms with E-state index >= 15 is 0 Å². The van der Waals surface area contributed by atoms with Crippen LogP contribution < -0.4 is 5.43 Å². The number of phenols is 1. The van der Waals surface area contributed by atoms with Gasteiger partial charge in [-0.3, -0.25) is 4.79 Å². The summed E-state index contributed by atoms with van der Waals surface area (Å²) in [6.07, 6.45) is 1.25. The normalized spacial score (nSPS) is 10.8. The molecule has 7 heteroatoms. The van der Waals surface area contributed by atoms with Gasteiger partial charge in [-0.05, 0) is 30.3 Å². The van der Waals surface area contributed by atoms with E-state index in [2.05, 4.69) is 10.5 Å². The number of benzene rings is 2. The maximum atomic E-state index is 11.8. The van der Waals surface area contributed by atoms with Crippen LogP contribution in [0, 0.1) is 0 Å². The number of hydrogen-bond acceptors (Lipinski definition) is 3. The van der Waals surface area contributed by atoms with Crippen LogP contribution in [0.25, 0.3) is 0 Å². The highest BCUT2D eigenvalue weighted by molar-refractivity contribution is 6.36. The molecule has 2 N–H and O–H groups in total. The van der Waals surface area contributed by atoms with Crippen molar-refractivity contribution in [3.05, 3.63) is 62.6 Å². The molecular formula is C14H9Cl3N2O2. The van der Waals surface area contributed by atoms with E-state index in [0.29, 0.717) is 21.2 Å². The van der Waals surface area contributed by atoms with Gasteiger partial charge in [0.1, 0.15) is 5.75 Å². The van der Waals surface area contributed by atoms with E-state index in [1.54, 1.807) is 18.2 Å². The quantitative estimate of drug-likeness (QED) is 0.650. The van der Waals surface area contributed by atoms with Gasteiger partial charge in [0.25, 0.3) is 5.91 Å². The highest BCUT2D eigenvalue weighted by Gasteiger charge is 2.07.